The molecule has 0 amide bonds. The van der Waals surface area contributed by atoms with Gasteiger partial charge < -0.3 is 14.8 Å². The fraction of sp³-hybridized carbons (Fsp3) is 0.625. The summed E-state index contributed by atoms with van der Waals surface area (Å²) in [5.74, 6) is 1.19. The molecule has 0 bridgehead atoms. The molecule has 1 aliphatic carbocycles. The highest BCUT2D eigenvalue weighted by Gasteiger charge is 2.43. The molecule has 110 valence electrons. The molecule has 20 heavy (non-hydrogen) atoms. The first-order valence-electron chi connectivity index (χ1n) is 7.45. The first kappa shape index (κ1) is 14.4. The molecular weight excluding hydrogens is 270 g/mol. The summed E-state index contributed by atoms with van der Waals surface area (Å²) < 4.78 is 11.3. The third-order valence-electron chi connectivity index (χ3n) is 4.28. The van der Waals surface area contributed by atoms with E-state index in [1.807, 2.05) is 18.7 Å². The Kier molecular flexibility index (Phi) is 4.66. The predicted octanol–water partition coefficient (Wildman–Crippen LogP) is 3.01. The van der Waals surface area contributed by atoms with Crippen molar-refractivity contribution in [2.45, 2.75) is 49.0 Å². The Balaban J connectivity index is 1.65. The Labute approximate surface area is 125 Å². The van der Waals surface area contributed by atoms with Crippen molar-refractivity contribution >= 4 is 11.8 Å². The van der Waals surface area contributed by atoms with Gasteiger partial charge in [-0.25, -0.2) is 0 Å². The number of benzene rings is 1. The third kappa shape index (κ3) is 2.75. The minimum Gasteiger partial charge on any atom is -0.377 e. The molecule has 0 aromatic heterocycles. The van der Waals surface area contributed by atoms with Crippen molar-refractivity contribution in [1.82, 2.24) is 5.32 Å². The maximum Gasteiger partial charge on any atom is 0.0987 e. The van der Waals surface area contributed by atoms with Gasteiger partial charge in [0, 0.05) is 30.7 Å². The number of rotatable bonds is 5. The summed E-state index contributed by atoms with van der Waals surface area (Å²) in [6.07, 6.45) is 2.69. The highest BCUT2D eigenvalue weighted by molar-refractivity contribution is 7.99. The van der Waals surface area contributed by atoms with Crippen molar-refractivity contribution in [2.75, 3.05) is 19.5 Å². The van der Waals surface area contributed by atoms with Crippen LogP contribution in [0, 0.1) is 0 Å². The second-order valence-electron chi connectivity index (χ2n) is 5.43. The highest BCUT2D eigenvalue weighted by Crippen LogP contribution is 2.38. The van der Waals surface area contributed by atoms with E-state index in [0.29, 0.717) is 12.1 Å². The second kappa shape index (κ2) is 6.48. The molecule has 1 aromatic carbocycles. The Morgan fingerprint density at radius 2 is 2.20 bits per heavy atom. The Bertz CT molecular complexity index is 454. The molecule has 3 nitrogen and oxygen atoms in total. The van der Waals surface area contributed by atoms with Gasteiger partial charge in [0.15, 0.2) is 0 Å². The van der Waals surface area contributed by atoms with E-state index >= 15 is 0 Å². The maximum absolute atomic E-state index is 5.70. The summed E-state index contributed by atoms with van der Waals surface area (Å²) >= 11 is 1.96. The minimum absolute atomic E-state index is 0.191. The summed E-state index contributed by atoms with van der Waals surface area (Å²) in [5, 5.41) is 3.78. The van der Waals surface area contributed by atoms with E-state index in [0.717, 1.165) is 13.0 Å². The van der Waals surface area contributed by atoms with Gasteiger partial charge in [0.2, 0.25) is 0 Å². The van der Waals surface area contributed by atoms with Crippen LogP contribution in [0.5, 0.6) is 0 Å². The number of methoxy groups -OCH3 is 1. The number of fused-ring (bicyclic) bond motifs is 1. The maximum atomic E-state index is 5.70. The Morgan fingerprint density at radius 3 is 3.00 bits per heavy atom. The molecule has 1 N–H and O–H groups in total. The van der Waals surface area contributed by atoms with E-state index in [-0.39, 0.29) is 12.2 Å². The zero-order valence-corrected chi connectivity index (χ0v) is 13.0. The second-order valence-corrected chi connectivity index (χ2v) is 6.57. The lowest BCUT2D eigenvalue weighted by Gasteiger charge is -2.45. The average molecular weight is 293 g/mol. The van der Waals surface area contributed by atoms with Gasteiger partial charge >= 0.3 is 0 Å². The molecule has 4 unspecified atom stereocenters. The van der Waals surface area contributed by atoms with Crippen LogP contribution in [0.1, 0.15) is 31.4 Å². The van der Waals surface area contributed by atoms with Crippen LogP contribution in [-0.2, 0) is 9.47 Å². The summed E-state index contributed by atoms with van der Waals surface area (Å²) in [6, 6.07) is 9.61. The van der Waals surface area contributed by atoms with Gasteiger partial charge in [-0.1, -0.05) is 18.2 Å². The topological polar surface area (TPSA) is 30.5 Å². The highest BCUT2D eigenvalue weighted by atomic mass is 32.2. The van der Waals surface area contributed by atoms with Crippen molar-refractivity contribution in [3.8, 4) is 0 Å². The van der Waals surface area contributed by atoms with Crippen LogP contribution in [0.4, 0.5) is 0 Å². The molecular formula is C16H23NO2S. The smallest absolute Gasteiger partial charge is 0.0987 e. The summed E-state index contributed by atoms with van der Waals surface area (Å²) in [6.45, 7) is 2.81. The van der Waals surface area contributed by atoms with Gasteiger partial charge in [-0.3, -0.25) is 0 Å². The van der Waals surface area contributed by atoms with E-state index in [9.17, 15) is 0 Å². The summed E-state index contributed by atoms with van der Waals surface area (Å²) in [4.78, 5) is 1.42. The molecule has 4 heteroatoms. The van der Waals surface area contributed by atoms with Crippen LogP contribution in [0.25, 0.3) is 0 Å². The Morgan fingerprint density at radius 1 is 1.35 bits per heavy atom. The lowest BCUT2D eigenvalue weighted by atomic mass is 9.84. The number of hydrogen-bond donors (Lipinski definition) is 1. The lowest BCUT2D eigenvalue weighted by molar-refractivity contribution is -0.133. The van der Waals surface area contributed by atoms with E-state index in [2.05, 4.69) is 29.6 Å². The molecule has 1 aliphatic heterocycles. The molecule has 0 spiro atoms. The van der Waals surface area contributed by atoms with Crippen LogP contribution in [0.15, 0.2) is 29.2 Å². The first-order valence-corrected chi connectivity index (χ1v) is 8.44. The lowest BCUT2D eigenvalue weighted by Crippen LogP contribution is -2.60. The van der Waals surface area contributed by atoms with Crippen LogP contribution in [0.2, 0.25) is 0 Å². The predicted molar refractivity (Wildman–Crippen MR) is 82.3 cm³/mol. The number of hydrogen-bond acceptors (Lipinski definition) is 4. The van der Waals surface area contributed by atoms with Crippen molar-refractivity contribution < 1.29 is 9.47 Å². The number of thioether (sulfide) groups is 1. The average Bonchev–Trinajstić information content (AvgIpc) is 2.46. The van der Waals surface area contributed by atoms with Gasteiger partial charge in [0.05, 0.1) is 12.2 Å². The monoisotopic (exact) mass is 293 g/mol. The van der Waals surface area contributed by atoms with Gasteiger partial charge in [0.25, 0.3) is 0 Å². The molecule has 1 aromatic rings. The van der Waals surface area contributed by atoms with Crippen LogP contribution in [0.3, 0.4) is 0 Å². The van der Waals surface area contributed by atoms with Crippen molar-refractivity contribution in [3.05, 3.63) is 29.8 Å². The van der Waals surface area contributed by atoms with E-state index in [1.54, 1.807) is 7.11 Å². The van der Waals surface area contributed by atoms with E-state index < -0.39 is 0 Å². The normalized spacial score (nSPS) is 32.5. The van der Waals surface area contributed by atoms with Gasteiger partial charge in [-0.15, -0.1) is 11.8 Å². The van der Waals surface area contributed by atoms with Gasteiger partial charge in [-0.05, 0) is 37.1 Å². The Hall–Kier alpha value is -0.550. The molecule has 1 saturated carbocycles. The van der Waals surface area contributed by atoms with E-state index in [4.69, 9.17) is 9.47 Å². The number of ether oxygens (including phenoxy) is 2. The molecule has 1 fully saturated rings. The van der Waals surface area contributed by atoms with Crippen LogP contribution < -0.4 is 5.32 Å². The zero-order valence-electron chi connectivity index (χ0n) is 12.2. The van der Waals surface area contributed by atoms with E-state index in [1.165, 1.54) is 22.6 Å². The fourth-order valence-corrected chi connectivity index (χ4v) is 4.34. The van der Waals surface area contributed by atoms with Crippen LogP contribution >= 0.6 is 11.8 Å². The molecule has 0 saturated heterocycles. The molecule has 2 aliphatic rings. The van der Waals surface area contributed by atoms with Crippen molar-refractivity contribution in [2.24, 2.45) is 0 Å². The summed E-state index contributed by atoms with van der Waals surface area (Å²) in [5.41, 5.74) is 1.44. The zero-order chi connectivity index (χ0) is 13.9. The standard InChI is InChI=1S/C16H23NO2S/c1-3-19-14-10-13(16(14)18-2)17-12-8-9-20-15-7-5-4-6-11(12)15/h4-7,12-14,16-17H,3,8-10H2,1-2H3. The van der Waals surface area contributed by atoms with Gasteiger partial charge in [0.1, 0.15) is 0 Å². The molecule has 3 rings (SSSR count). The van der Waals surface area contributed by atoms with Crippen molar-refractivity contribution in [1.29, 1.82) is 0 Å². The third-order valence-corrected chi connectivity index (χ3v) is 5.40. The largest absolute Gasteiger partial charge is 0.377 e. The summed E-state index contributed by atoms with van der Waals surface area (Å²) in [7, 11) is 1.79. The SMILES string of the molecule is CCOC1CC(NC2CCSc3ccccc32)C1OC. The van der Waals surface area contributed by atoms with Gasteiger partial charge in [-0.2, -0.15) is 0 Å². The fourth-order valence-electron chi connectivity index (χ4n) is 3.21. The molecule has 1 heterocycles. The minimum atomic E-state index is 0.191. The van der Waals surface area contributed by atoms with Crippen molar-refractivity contribution in [3.63, 3.8) is 0 Å². The van der Waals surface area contributed by atoms with Crippen LogP contribution in [-0.4, -0.2) is 37.7 Å². The molecule has 0 radical (unpaired) electrons. The first-order chi connectivity index (χ1) is 9.83. The quantitative estimate of drug-likeness (QED) is 0.904. The molecule has 4 atom stereocenters. The number of nitrogens with one attached hydrogen (secondary N) is 1.